The van der Waals surface area contributed by atoms with Gasteiger partial charge in [0.2, 0.25) is 17.7 Å². The summed E-state index contributed by atoms with van der Waals surface area (Å²) in [4.78, 5) is 55.3. The third kappa shape index (κ3) is 10.0. The molecule has 0 radical (unpaired) electrons. The van der Waals surface area contributed by atoms with Gasteiger partial charge < -0.3 is 36.9 Å². The number of phenolic OH excluding ortho intramolecular Hbond substituents is 1. The summed E-state index contributed by atoms with van der Waals surface area (Å²) in [6.45, 7) is 3.69. The number of benzene rings is 2. The van der Waals surface area contributed by atoms with Gasteiger partial charge in [0.15, 0.2) is 0 Å². The fourth-order valence-electron chi connectivity index (χ4n) is 4.70. The first kappa shape index (κ1) is 33.5. The summed E-state index contributed by atoms with van der Waals surface area (Å²) in [5.74, 6) is -2.26. The van der Waals surface area contributed by atoms with Gasteiger partial charge >= 0.3 is 5.97 Å². The second-order valence-electron chi connectivity index (χ2n) is 11.0. The number of phenols is 1. The predicted molar refractivity (Wildman–Crippen MR) is 168 cm³/mol. The molecule has 0 aliphatic carbocycles. The second-order valence-corrected chi connectivity index (χ2v) is 12.0. The van der Waals surface area contributed by atoms with E-state index in [0.29, 0.717) is 17.7 Å². The zero-order chi connectivity index (χ0) is 31.5. The first-order chi connectivity index (χ1) is 20.5. The molecule has 0 spiro atoms. The third-order valence-electron chi connectivity index (χ3n) is 7.03. The maximum atomic E-state index is 13.8. The van der Waals surface area contributed by atoms with Crippen LogP contribution in [0.15, 0.2) is 54.7 Å². The fourth-order valence-corrected chi connectivity index (χ4v) is 5.19. The smallest absolute Gasteiger partial charge is 0.326 e. The van der Waals surface area contributed by atoms with Gasteiger partial charge in [-0.15, -0.1) is 0 Å². The highest BCUT2D eigenvalue weighted by Crippen LogP contribution is 2.20. The summed E-state index contributed by atoms with van der Waals surface area (Å²) in [7, 11) is 0. The number of rotatable bonds is 16. The minimum atomic E-state index is -1.18. The molecule has 0 saturated heterocycles. The van der Waals surface area contributed by atoms with Gasteiger partial charge in [0.1, 0.15) is 23.9 Å². The Bertz CT molecular complexity index is 1390. The van der Waals surface area contributed by atoms with Crippen LogP contribution in [0, 0.1) is 5.92 Å². The van der Waals surface area contributed by atoms with Gasteiger partial charge in [-0.1, -0.05) is 44.2 Å². The van der Waals surface area contributed by atoms with Crippen molar-refractivity contribution < 1.29 is 29.4 Å². The lowest BCUT2D eigenvalue weighted by Gasteiger charge is -2.26. The average molecular weight is 612 g/mol. The van der Waals surface area contributed by atoms with Crippen molar-refractivity contribution in [3.63, 3.8) is 0 Å². The van der Waals surface area contributed by atoms with Crippen LogP contribution >= 0.6 is 11.8 Å². The number of carbonyl (C=O) groups is 4. The van der Waals surface area contributed by atoms with E-state index in [0.717, 1.165) is 16.5 Å². The zero-order valence-electron chi connectivity index (χ0n) is 24.6. The van der Waals surface area contributed by atoms with Gasteiger partial charge in [-0.25, -0.2) is 4.79 Å². The number of nitrogens with one attached hydrogen (secondary N) is 4. The van der Waals surface area contributed by atoms with Crippen LogP contribution in [0.1, 0.15) is 37.8 Å². The van der Waals surface area contributed by atoms with Crippen molar-refractivity contribution in [2.24, 2.45) is 11.7 Å². The number of carbonyl (C=O) groups excluding carboxylic acids is 3. The molecule has 11 nitrogen and oxygen atoms in total. The van der Waals surface area contributed by atoms with E-state index in [1.165, 1.54) is 12.1 Å². The van der Waals surface area contributed by atoms with E-state index >= 15 is 0 Å². The lowest BCUT2D eigenvalue weighted by molar-refractivity contribution is -0.142. The molecule has 4 atom stereocenters. The molecule has 0 aliphatic rings. The molecule has 3 amide bonds. The Hall–Kier alpha value is -4.03. The molecule has 8 N–H and O–H groups in total. The van der Waals surface area contributed by atoms with E-state index in [-0.39, 0.29) is 30.9 Å². The number of para-hydroxylation sites is 1. The summed E-state index contributed by atoms with van der Waals surface area (Å²) in [5, 5.41) is 28.4. The first-order valence-electron chi connectivity index (χ1n) is 14.2. The molecule has 0 bridgehead atoms. The highest BCUT2D eigenvalue weighted by Gasteiger charge is 2.31. The van der Waals surface area contributed by atoms with Crippen molar-refractivity contribution in [1.82, 2.24) is 20.9 Å². The number of thioether (sulfide) groups is 1. The van der Waals surface area contributed by atoms with Gasteiger partial charge in [-0.2, -0.15) is 11.8 Å². The Kier molecular flexibility index (Phi) is 12.4. The van der Waals surface area contributed by atoms with Gasteiger partial charge in [-0.05, 0) is 60.1 Å². The Labute approximate surface area is 255 Å². The van der Waals surface area contributed by atoms with E-state index in [1.54, 1.807) is 30.1 Å². The number of fused-ring (bicyclic) bond motifs is 1. The van der Waals surface area contributed by atoms with Gasteiger partial charge in [0.05, 0.1) is 6.04 Å². The van der Waals surface area contributed by atoms with Crippen LogP contribution in [0.2, 0.25) is 0 Å². The van der Waals surface area contributed by atoms with Crippen LogP contribution in [-0.2, 0) is 32.0 Å². The molecule has 12 heteroatoms. The average Bonchev–Trinajstić information content (AvgIpc) is 3.38. The Morgan fingerprint density at radius 1 is 0.884 bits per heavy atom. The number of aromatic nitrogens is 1. The SMILES string of the molecule is CSCCC(N)C(=O)NC(Cc1c[nH]c2ccccc12)C(=O)NC(Cc1ccc(O)cc1)C(=O)NC(CC(C)C)C(=O)O. The van der Waals surface area contributed by atoms with Crippen molar-refractivity contribution in [2.75, 3.05) is 12.0 Å². The molecule has 1 heterocycles. The molecule has 4 unspecified atom stereocenters. The van der Waals surface area contributed by atoms with Crippen molar-refractivity contribution in [3.8, 4) is 5.75 Å². The third-order valence-corrected chi connectivity index (χ3v) is 7.68. The number of aromatic hydroxyl groups is 1. The predicted octanol–water partition coefficient (Wildman–Crippen LogP) is 2.32. The highest BCUT2D eigenvalue weighted by molar-refractivity contribution is 7.98. The molecule has 43 heavy (non-hydrogen) atoms. The monoisotopic (exact) mass is 611 g/mol. The highest BCUT2D eigenvalue weighted by atomic mass is 32.2. The number of hydrogen-bond donors (Lipinski definition) is 7. The lowest BCUT2D eigenvalue weighted by atomic mass is 10.00. The van der Waals surface area contributed by atoms with Crippen LogP contribution in [-0.4, -0.2) is 75.1 Å². The molecule has 1 aromatic heterocycles. The minimum absolute atomic E-state index is 0.00220. The lowest BCUT2D eigenvalue weighted by Crippen LogP contribution is -2.58. The van der Waals surface area contributed by atoms with E-state index < -0.39 is 47.9 Å². The number of carboxylic acids is 1. The van der Waals surface area contributed by atoms with Crippen LogP contribution in [0.25, 0.3) is 10.9 Å². The maximum absolute atomic E-state index is 13.8. The molecule has 0 saturated carbocycles. The van der Waals surface area contributed by atoms with Crippen LogP contribution in [0.3, 0.4) is 0 Å². The number of aliphatic carboxylic acids is 1. The van der Waals surface area contributed by atoms with Crippen LogP contribution in [0.4, 0.5) is 0 Å². The number of nitrogens with two attached hydrogens (primary N) is 1. The standard InChI is InChI=1S/C31H41N5O6S/c1-18(2)14-27(31(41)42)36-29(39)25(15-19-8-10-21(37)11-9-19)35-30(40)26(34-28(38)23(32)12-13-43-3)16-20-17-33-24-7-5-4-6-22(20)24/h4-11,17-18,23,25-27,33,37H,12-16,32H2,1-3H3,(H,34,38)(H,35,40)(H,36,39)(H,41,42). The molecule has 0 aliphatic heterocycles. The van der Waals surface area contributed by atoms with Crippen molar-refractivity contribution in [1.29, 1.82) is 0 Å². The molecule has 3 rings (SSSR count). The molecule has 2 aromatic carbocycles. The number of H-pyrrole nitrogens is 1. The Balaban J connectivity index is 1.89. The second kappa shape index (κ2) is 16.0. The summed E-state index contributed by atoms with van der Waals surface area (Å²) in [6.07, 6.45) is 4.45. The quantitative estimate of drug-likeness (QED) is 0.129. The molecule has 232 valence electrons. The summed E-state index contributed by atoms with van der Waals surface area (Å²) >= 11 is 1.56. The van der Waals surface area contributed by atoms with Crippen LogP contribution < -0.4 is 21.7 Å². The molecular formula is C31H41N5O6S. The molecular weight excluding hydrogens is 570 g/mol. The zero-order valence-corrected chi connectivity index (χ0v) is 25.4. The van der Waals surface area contributed by atoms with Crippen molar-refractivity contribution in [3.05, 3.63) is 65.9 Å². The summed E-state index contributed by atoms with van der Waals surface area (Å²) < 4.78 is 0. The minimum Gasteiger partial charge on any atom is -0.508 e. The van der Waals surface area contributed by atoms with Crippen molar-refractivity contribution in [2.45, 2.75) is 63.7 Å². The Morgan fingerprint density at radius 3 is 2.12 bits per heavy atom. The number of carboxylic acid groups (broad SMARTS) is 1. The topological polar surface area (TPSA) is 187 Å². The number of amides is 3. The fraction of sp³-hybridized carbons (Fsp3) is 0.419. The maximum Gasteiger partial charge on any atom is 0.326 e. The number of aromatic amines is 1. The molecule has 3 aromatic rings. The van der Waals surface area contributed by atoms with E-state index in [4.69, 9.17) is 5.73 Å². The normalized spacial score (nSPS) is 14.1. The van der Waals surface area contributed by atoms with Crippen molar-refractivity contribution >= 4 is 46.4 Å². The van der Waals surface area contributed by atoms with E-state index in [9.17, 15) is 29.4 Å². The van der Waals surface area contributed by atoms with Crippen LogP contribution in [0.5, 0.6) is 5.75 Å². The van der Waals surface area contributed by atoms with Gasteiger partial charge in [0, 0.05) is 29.9 Å². The van der Waals surface area contributed by atoms with Gasteiger partial charge in [-0.3, -0.25) is 14.4 Å². The van der Waals surface area contributed by atoms with Gasteiger partial charge in [0.25, 0.3) is 0 Å². The Morgan fingerprint density at radius 2 is 1.49 bits per heavy atom. The number of hydrogen-bond acceptors (Lipinski definition) is 7. The van der Waals surface area contributed by atoms with E-state index in [2.05, 4.69) is 20.9 Å². The summed E-state index contributed by atoms with van der Waals surface area (Å²) in [6, 6.07) is 9.49. The summed E-state index contributed by atoms with van der Waals surface area (Å²) in [5.41, 5.74) is 8.39. The largest absolute Gasteiger partial charge is 0.508 e. The molecule has 0 fully saturated rings. The van der Waals surface area contributed by atoms with E-state index in [1.807, 2.05) is 44.4 Å². The first-order valence-corrected chi connectivity index (χ1v) is 15.6.